The lowest BCUT2D eigenvalue weighted by molar-refractivity contribution is -0.137. The number of aliphatic hydroxyl groups excluding tert-OH is 2. The first-order chi connectivity index (χ1) is 9.88. The fourth-order valence-electron chi connectivity index (χ4n) is 2.70. The van der Waals surface area contributed by atoms with Crippen molar-refractivity contribution in [1.82, 2.24) is 5.32 Å². The third kappa shape index (κ3) is 4.43. The fraction of sp³-hybridized carbons (Fsp3) is 0.600. The van der Waals surface area contributed by atoms with Crippen molar-refractivity contribution >= 4 is 0 Å². The highest BCUT2D eigenvalue weighted by molar-refractivity contribution is 5.27. The van der Waals surface area contributed by atoms with Crippen LogP contribution in [-0.2, 0) is 6.18 Å². The number of hydrogen-bond donors (Lipinski definition) is 3. The fourth-order valence-corrected chi connectivity index (χ4v) is 2.70. The molecule has 2 rings (SSSR count). The maximum Gasteiger partial charge on any atom is 0.416 e. The molecule has 0 aliphatic heterocycles. The quantitative estimate of drug-likeness (QED) is 0.783. The summed E-state index contributed by atoms with van der Waals surface area (Å²) in [6, 6.07) is 4.73. The molecule has 0 heterocycles. The molecule has 0 aromatic heterocycles. The van der Waals surface area contributed by atoms with Crippen LogP contribution in [0.2, 0.25) is 0 Å². The molecule has 3 unspecified atom stereocenters. The zero-order chi connectivity index (χ0) is 15.5. The third-order valence-corrected chi connectivity index (χ3v) is 3.96. The van der Waals surface area contributed by atoms with E-state index in [1.807, 2.05) is 0 Å². The summed E-state index contributed by atoms with van der Waals surface area (Å²) >= 11 is 0. The SMILES string of the molecule is OC(CNCC1CCCC1O)c1cccc(C(F)(F)F)c1. The zero-order valence-corrected chi connectivity index (χ0v) is 11.6. The van der Waals surface area contributed by atoms with E-state index in [2.05, 4.69) is 5.32 Å². The summed E-state index contributed by atoms with van der Waals surface area (Å²) in [7, 11) is 0. The highest BCUT2D eigenvalue weighted by Crippen LogP contribution is 2.30. The molecule has 1 aliphatic rings. The molecule has 1 aromatic carbocycles. The van der Waals surface area contributed by atoms with Gasteiger partial charge in [0.1, 0.15) is 0 Å². The number of alkyl halides is 3. The van der Waals surface area contributed by atoms with Crippen LogP contribution < -0.4 is 5.32 Å². The average Bonchev–Trinajstić information content (AvgIpc) is 2.83. The molecule has 0 spiro atoms. The molecule has 0 bridgehead atoms. The zero-order valence-electron chi connectivity index (χ0n) is 11.6. The molecule has 1 aromatic rings. The van der Waals surface area contributed by atoms with Crippen LogP contribution in [0.5, 0.6) is 0 Å². The molecular weight excluding hydrogens is 283 g/mol. The van der Waals surface area contributed by atoms with Crippen molar-refractivity contribution in [3.8, 4) is 0 Å². The first-order valence-corrected chi connectivity index (χ1v) is 7.12. The van der Waals surface area contributed by atoms with Gasteiger partial charge >= 0.3 is 6.18 Å². The van der Waals surface area contributed by atoms with Gasteiger partial charge in [0, 0.05) is 13.1 Å². The van der Waals surface area contributed by atoms with Gasteiger partial charge in [0.15, 0.2) is 0 Å². The molecule has 1 saturated carbocycles. The van der Waals surface area contributed by atoms with Crippen molar-refractivity contribution in [3.05, 3.63) is 35.4 Å². The Labute approximate surface area is 121 Å². The lowest BCUT2D eigenvalue weighted by atomic mass is 10.0. The minimum Gasteiger partial charge on any atom is -0.393 e. The molecule has 118 valence electrons. The van der Waals surface area contributed by atoms with E-state index >= 15 is 0 Å². The van der Waals surface area contributed by atoms with Gasteiger partial charge in [-0.15, -0.1) is 0 Å². The molecule has 0 saturated heterocycles. The first kappa shape index (κ1) is 16.3. The van der Waals surface area contributed by atoms with E-state index in [0.29, 0.717) is 6.54 Å². The van der Waals surface area contributed by atoms with E-state index in [4.69, 9.17) is 0 Å². The number of benzene rings is 1. The predicted octanol–water partition coefficient (Wildman–Crippen LogP) is 2.49. The smallest absolute Gasteiger partial charge is 0.393 e. The number of nitrogens with one attached hydrogen (secondary N) is 1. The van der Waals surface area contributed by atoms with Gasteiger partial charge in [0.25, 0.3) is 0 Å². The van der Waals surface area contributed by atoms with Crippen LogP contribution in [0.25, 0.3) is 0 Å². The van der Waals surface area contributed by atoms with E-state index in [0.717, 1.165) is 31.4 Å². The summed E-state index contributed by atoms with van der Waals surface area (Å²) in [5, 5.41) is 22.7. The van der Waals surface area contributed by atoms with Crippen LogP contribution in [0.1, 0.15) is 36.5 Å². The lowest BCUT2D eigenvalue weighted by Gasteiger charge is -2.18. The van der Waals surface area contributed by atoms with Crippen molar-refractivity contribution in [1.29, 1.82) is 0 Å². The van der Waals surface area contributed by atoms with Gasteiger partial charge in [-0.3, -0.25) is 0 Å². The van der Waals surface area contributed by atoms with Gasteiger partial charge in [-0.05, 0) is 36.5 Å². The second-order valence-corrected chi connectivity index (χ2v) is 5.56. The molecule has 21 heavy (non-hydrogen) atoms. The van der Waals surface area contributed by atoms with Crippen LogP contribution in [0.4, 0.5) is 13.2 Å². The highest BCUT2D eigenvalue weighted by Gasteiger charge is 2.31. The van der Waals surface area contributed by atoms with Crippen LogP contribution in [0.3, 0.4) is 0 Å². The lowest BCUT2D eigenvalue weighted by Crippen LogP contribution is -2.30. The van der Waals surface area contributed by atoms with E-state index < -0.39 is 17.8 Å². The summed E-state index contributed by atoms with van der Waals surface area (Å²) in [6.07, 6.45) is -2.99. The maximum absolute atomic E-state index is 12.6. The van der Waals surface area contributed by atoms with Crippen LogP contribution in [0, 0.1) is 5.92 Å². The molecule has 0 amide bonds. The molecule has 3 N–H and O–H groups in total. The Morgan fingerprint density at radius 3 is 2.67 bits per heavy atom. The normalized spacial score (nSPS) is 24.2. The average molecular weight is 303 g/mol. The van der Waals surface area contributed by atoms with Crippen molar-refractivity contribution < 1.29 is 23.4 Å². The molecular formula is C15H20F3NO2. The van der Waals surface area contributed by atoms with Crippen LogP contribution >= 0.6 is 0 Å². The molecule has 1 aliphatic carbocycles. The molecule has 3 nitrogen and oxygen atoms in total. The predicted molar refractivity (Wildman–Crippen MR) is 72.6 cm³/mol. The number of aliphatic hydroxyl groups is 2. The second kappa shape index (κ2) is 6.77. The summed E-state index contributed by atoms with van der Waals surface area (Å²) in [5.41, 5.74) is -0.519. The summed E-state index contributed by atoms with van der Waals surface area (Å²) in [5.74, 6) is 0.165. The van der Waals surface area contributed by atoms with Crippen molar-refractivity contribution in [2.45, 2.75) is 37.6 Å². The number of rotatable bonds is 5. The van der Waals surface area contributed by atoms with Crippen molar-refractivity contribution in [2.24, 2.45) is 5.92 Å². The van der Waals surface area contributed by atoms with E-state index in [9.17, 15) is 23.4 Å². The monoisotopic (exact) mass is 303 g/mol. The Hall–Kier alpha value is -1.11. The third-order valence-electron chi connectivity index (χ3n) is 3.96. The largest absolute Gasteiger partial charge is 0.416 e. The number of hydrogen-bond acceptors (Lipinski definition) is 3. The molecule has 1 fully saturated rings. The minimum atomic E-state index is -4.41. The Morgan fingerprint density at radius 1 is 1.29 bits per heavy atom. The molecule has 3 atom stereocenters. The van der Waals surface area contributed by atoms with Gasteiger partial charge in [-0.1, -0.05) is 18.6 Å². The summed E-state index contributed by atoms with van der Waals surface area (Å²) in [4.78, 5) is 0. The topological polar surface area (TPSA) is 52.5 Å². The first-order valence-electron chi connectivity index (χ1n) is 7.12. The Balaban J connectivity index is 1.87. The van der Waals surface area contributed by atoms with Gasteiger partial charge in [-0.2, -0.15) is 13.2 Å². The Bertz CT molecular complexity index is 464. The minimum absolute atomic E-state index is 0.165. The molecule has 6 heteroatoms. The standard InChI is InChI=1S/C15H20F3NO2/c16-15(17,18)12-5-1-3-10(7-12)14(21)9-19-8-11-4-2-6-13(11)20/h1,3,5,7,11,13-14,19-21H,2,4,6,8-9H2. The van der Waals surface area contributed by atoms with Crippen LogP contribution in [0.15, 0.2) is 24.3 Å². The van der Waals surface area contributed by atoms with Gasteiger partial charge < -0.3 is 15.5 Å². The van der Waals surface area contributed by atoms with Crippen LogP contribution in [-0.4, -0.2) is 29.4 Å². The highest BCUT2D eigenvalue weighted by atomic mass is 19.4. The van der Waals surface area contributed by atoms with Crippen molar-refractivity contribution in [3.63, 3.8) is 0 Å². The number of halogens is 3. The van der Waals surface area contributed by atoms with Crippen molar-refractivity contribution in [2.75, 3.05) is 13.1 Å². The van der Waals surface area contributed by atoms with Gasteiger partial charge in [0.05, 0.1) is 17.8 Å². The second-order valence-electron chi connectivity index (χ2n) is 5.56. The summed E-state index contributed by atoms with van der Waals surface area (Å²) < 4.78 is 37.8. The summed E-state index contributed by atoms with van der Waals surface area (Å²) in [6.45, 7) is 0.738. The van der Waals surface area contributed by atoms with E-state index in [1.165, 1.54) is 12.1 Å². The van der Waals surface area contributed by atoms with Gasteiger partial charge in [0.2, 0.25) is 0 Å². The molecule has 0 radical (unpaired) electrons. The van der Waals surface area contributed by atoms with E-state index in [1.54, 1.807) is 0 Å². The Morgan fingerprint density at radius 2 is 2.05 bits per heavy atom. The van der Waals surface area contributed by atoms with Gasteiger partial charge in [-0.25, -0.2) is 0 Å². The maximum atomic E-state index is 12.6. The Kier molecular flexibility index (Phi) is 5.24. The van der Waals surface area contributed by atoms with E-state index in [-0.39, 0.29) is 24.1 Å².